The first kappa shape index (κ1) is 10.6. The number of nitriles is 1. The summed E-state index contributed by atoms with van der Waals surface area (Å²) in [7, 11) is -0.767. The molecule has 0 aromatic rings. The highest BCUT2D eigenvalue weighted by Gasteiger charge is 2.47. The Morgan fingerprint density at radius 3 is 2.33 bits per heavy atom. The highest BCUT2D eigenvalue weighted by atomic mass is 32.2. The van der Waals surface area contributed by atoms with Gasteiger partial charge >= 0.3 is 0 Å². The van der Waals surface area contributed by atoms with E-state index >= 15 is 0 Å². The van der Waals surface area contributed by atoms with Crippen molar-refractivity contribution < 1.29 is 9.00 Å². The standard InChI is InChI=1S/C10H14N2O2S/c11-8-10(2-1-3-10)9(13)12-4-6-15(14)7-5-12/h1-7H2. The predicted octanol–water partition coefficient (Wildman–Crippen LogP) is 0.271. The number of hydrogen-bond donors (Lipinski definition) is 0. The lowest BCUT2D eigenvalue weighted by Crippen LogP contribution is -2.51. The molecule has 5 heteroatoms. The van der Waals surface area contributed by atoms with Gasteiger partial charge in [-0.05, 0) is 19.3 Å². The molecule has 1 saturated carbocycles. The zero-order valence-corrected chi connectivity index (χ0v) is 9.39. The van der Waals surface area contributed by atoms with Gasteiger partial charge in [-0.2, -0.15) is 5.26 Å². The minimum Gasteiger partial charge on any atom is -0.339 e. The smallest absolute Gasteiger partial charge is 0.243 e. The van der Waals surface area contributed by atoms with Crippen LogP contribution in [0.5, 0.6) is 0 Å². The number of rotatable bonds is 1. The summed E-state index contributed by atoms with van der Waals surface area (Å²) in [4.78, 5) is 13.8. The molecule has 0 aromatic heterocycles. The minimum absolute atomic E-state index is 0.0343. The summed E-state index contributed by atoms with van der Waals surface area (Å²) in [5, 5.41) is 9.03. The Kier molecular flexibility index (Phi) is 2.79. The van der Waals surface area contributed by atoms with Gasteiger partial charge in [0.2, 0.25) is 5.91 Å². The molecular formula is C10H14N2O2S. The lowest BCUT2D eigenvalue weighted by Gasteiger charge is -2.39. The lowest BCUT2D eigenvalue weighted by atomic mass is 9.69. The number of amides is 1. The van der Waals surface area contributed by atoms with Crippen molar-refractivity contribution in [1.82, 2.24) is 4.90 Å². The molecule has 1 aliphatic carbocycles. The van der Waals surface area contributed by atoms with Gasteiger partial charge in [0.1, 0.15) is 5.41 Å². The van der Waals surface area contributed by atoms with E-state index in [-0.39, 0.29) is 5.91 Å². The van der Waals surface area contributed by atoms with E-state index in [1.807, 2.05) is 0 Å². The highest BCUT2D eigenvalue weighted by Crippen LogP contribution is 2.41. The van der Waals surface area contributed by atoms with Crippen molar-refractivity contribution in [1.29, 1.82) is 5.26 Å². The zero-order valence-electron chi connectivity index (χ0n) is 8.57. The number of nitrogens with zero attached hydrogens (tertiary/aromatic N) is 2. The van der Waals surface area contributed by atoms with E-state index < -0.39 is 16.2 Å². The van der Waals surface area contributed by atoms with Crippen LogP contribution in [0, 0.1) is 16.7 Å². The molecular weight excluding hydrogens is 212 g/mol. The second kappa shape index (κ2) is 3.93. The Morgan fingerprint density at radius 2 is 1.93 bits per heavy atom. The molecule has 82 valence electrons. The summed E-state index contributed by atoms with van der Waals surface area (Å²) in [5.41, 5.74) is -0.737. The van der Waals surface area contributed by atoms with Crippen LogP contribution in [0.4, 0.5) is 0 Å². The number of carbonyl (C=O) groups excluding carboxylic acids is 1. The molecule has 1 amide bonds. The first-order valence-corrected chi connectivity index (χ1v) is 6.72. The van der Waals surface area contributed by atoms with E-state index in [1.54, 1.807) is 4.90 Å². The van der Waals surface area contributed by atoms with Crippen LogP contribution in [0.15, 0.2) is 0 Å². The normalized spacial score (nSPS) is 25.4. The fourth-order valence-electron chi connectivity index (χ4n) is 2.05. The summed E-state index contributed by atoms with van der Waals surface area (Å²) in [6, 6.07) is 2.16. The Bertz CT molecular complexity index is 334. The first-order valence-electron chi connectivity index (χ1n) is 5.23. The van der Waals surface area contributed by atoms with Crippen molar-refractivity contribution in [2.45, 2.75) is 19.3 Å². The van der Waals surface area contributed by atoms with Crippen LogP contribution in [0.25, 0.3) is 0 Å². The molecule has 0 atom stereocenters. The predicted molar refractivity (Wildman–Crippen MR) is 56.4 cm³/mol. The molecule has 2 rings (SSSR count). The minimum atomic E-state index is -0.767. The van der Waals surface area contributed by atoms with Crippen LogP contribution in [0.1, 0.15) is 19.3 Å². The van der Waals surface area contributed by atoms with E-state index in [0.29, 0.717) is 37.4 Å². The van der Waals surface area contributed by atoms with Crippen molar-refractivity contribution in [3.63, 3.8) is 0 Å². The van der Waals surface area contributed by atoms with Crippen LogP contribution >= 0.6 is 0 Å². The monoisotopic (exact) mass is 226 g/mol. The summed E-state index contributed by atoms with van der Waals surface area (Å²) in [6.07, 6.45) is 2.36. The third-order valence-electron chi connectivity index (χ3n) is 3.30. The van der Waals surface area contributed by atoms with Gasteiger partial charge in [-0.1, -0.05) is 0 Å². The molecule has 0 unspecified atom stereocenters. The second-order valence-corrected chi connectivity index (χ2v) is 5.88. The second-order valence-electron chi connectivity index (χ2n) is 4.19. The van der Waals surface area contributed by atoms with Gasteiger partial charge in [-0.15, -0.1) is 0 Å². The number of carbonyl (C=O) groups is 1. The van der Waals surface area contributed by atoms with Gasteiger partial charge < -0.3 is 4.90 Å². The van der Waals surface area contributed by atoms with Crippen molar-refractivity contribution >= 4 is 16.7 Å². The van der Waals surface area contributed by atoms with Gasteiger partial charge in [0, 0.05) is 35.4 Å². The molecule has 2 aliphatic rings. The third kappa shape index (κ3) is 1.78. The van der Waals surface area contributed by atoms with Crippen molar-refractivity contribution in [2.75, 3.05) is 24.6 Å². The van der Waals surface area contributed by atoms with Gasteiger partial charge in [-0.3, -0.25) is 9.00 Å². The van der Waals surface area contributed by atoms with Crippen molar-refractivity contribution in [3.05, 3.63) is 0 Å². The molecule has 1 aliphatic heterocycles. The topological polar surface area (TPSA) is 61.2 Å². The molecule has 15 heavy (non-hydrogen) atoms. The molecule has 0 aromatic carbocycles. The van der Waals surface area contributed by atoms with Gasteiger partial charge in [0.05, 0.1) is 6.07 Å². The average Bonchev–Trinajstić information content (AvgIpc) is 2.18. The van der Waals surface area contributed by atoms with Crippen LogP contribution in [0.2, 0.25) is 0 Å². The number of hydrogen-bond acceptors (Lipinski definition) is 3. The molecule has 1 saturated heterocycles. The van der Waals surface area contributed by atoms with Crippen LogP contribution < -0.4 is 0 Å². The Morgan fingerprint density at radius 1 is 1.33 bits per heavy atom. The van der Waals surface area contributed by atoms with Crippen LogP contribution in [-0.2, 0) is 15.6 Å². The maximum atomic E-state index is 12.0. The van der Waals surface area contributed by atoms with Gasteiger partial charge in [0.15, 0.2) is 0 Å². The Hall–Kier alpha value is -0.890. The first-order chi connectivity index (χ1) is 7.18. The summed E-state index contributed by atoms with van der Waals surface area (Å²) >= 11 is 0. The van der Waals surface area contributed by atoms with E-state index in [4.69, 9.17) is 5.26 Å². The van der Waals surface area contributed by atoms with Gasteiger partial charge in [-0.25, -0.2) is 0 Å². The molecule has 0 spiro atoms. The fourth-order valence-corrected chi connectivity index (χ4v) is 3.10. The maximum absolute atomic E-state index is 12.0. The molecule has 1 heterocycles. The third-order valence-corrected chi connectivity index (χ3v) is 4.57. The maximum Gasteiger partial charge on any atom is 0.243 e. The van der Waals surface area contributed by atoms with E-state index in [2.05, 4.69) is 6.07 Å². The van der Waals surface area contributed by atoms with E-state index in [1.165, 1.54) is 0 Å². The molecule has 2 fully saturated rings. The molecule has 4 nitrogen and oxygen atoms in total. The lowest BCUT2D eigenvalue weighted by molar-refractivity contribution is -0.142. The van der Waals surface area contributed by atoms with Crippen LogP contribution in [-0.4, -0.2) is 39.6 Å². The summed E-state index contributed by atoms with van der Waals surface area (Å²) in [5.74, 6) is 1.09. The largest absolute Gasteiger partial charge is 0.339 e. The summed E-state index contributed by atoms with van der Waals surface area (Å²) in [6.45, 7) is 1.10. The zero-order chi connectivity index (χ0) is 10.9. The van der Waals surface area contributed by atoms with Gasteiger partial charge in [0.25, 0.3) is 0 Å². The van der Waals surface area contributed by atoms with Crippen LogP contribution in [0.3, 0.4) is 0 Å². The van der Waals surface area contributed by atoms with Crippen molar-refractivity contribution in [2.24, 2.45) is 5.41 Å². The Balaban J connectivity index is 2.02. The quantitative estimate of drug-likeness (QED) is 0.645. The molecule has 0 N–H and O–H groups in total. The van der Waals surface area contributed by atoms with E-state index in [9.17, 15) is 9.00 Å². The fraction of sp³-hybridized carbons (Fsp3) is 0.800. The van der Waals surface area contributed by atoms with Crippen molar-refractivity contribution in [3.8, 4) is 6.07 Å². The SMILES string of the molecule is N#CC1(C(=O)N2CCS(=O)CC2)CCC1. The van der Waals surface area contributed by atoms with E-state index in [0.717, 1.165) is 6.42 Å². The highest BCUT2D eigenvalue weighted by molar-refractivity contribution is 7.85. The average molecular weight is 226 g/mol. The Labute approximate surface area is 91.7 Å². The molecule has 0 bridgehead atoms. The molecule has 0 radical (unpaired) electrons. The summed E-state index contributed by atoms with van der Waals surface area (Å²) < 4.78 is 11.1.